The summed E-state index contributed by atoms with van der Waals surface area (Å²) in [7, 11) is 2.04. The average molecular weight is 234 g/mol. The molecule has 0 bridgehead atoms. The maximum atomic E-state index is 5.67. The summed E-state index contributed by atoms with van der Waals surface area (Å²) in [6.07, 6.45) is 1.05. The summed E-state index contributed by atoms with van der Waals surface area (Å²) in [5.74, 6) is 0.560. The Kier molecular flexibility index (Phi) is 5.16. The van der Waals surface area contributed by atoms with Gasteiger partial charge in [-0.15, -0.1) is 0 Å². The number of rotatable bonds is 5. The SMILES string of the molecule is CNC(c1c(C)cc(C)cc1C)C(C)CCN. The van der Waals surface area contributed by atoms with Crippen molar-refractivity contribution in [3.8, 4) is 0 Å². The molecule has 17 heavy (non-hydrogen) atoms. The minimum absolute atomic E-state index is 0.402. The van der Waals surface area contributed by atoms with Gasteiger partial charge in [0.2, 0.25) is 0 Å². The maximum absolute atomic E-state index is 5.67. The molecule has 0 aliphatic rings. The number of nitrogens with one attached hydrogen (secondary N) is 1. The zero-order valence-electron chi connectivity index (χ0n) is 11.8. The molecule has 1 rings (SSSR count). The van der Waals surface area contributed by atoms with Crippen LogP contribution in [0.3, 0.4) is 0 Å². The van der Waals surface area contributed by atoms with Gasteiger partial charge < -0.3 is 11.1 Å². The van der Waals surface area contributed by atoms with Crippen molar-refractivity contribution < 1.29 is 0 Å². The van der Waals surface area contributed by atoms with Crippen LogP contribution in [0.25, 0.3) is 0 Å². The molecular weight excluding hydrogens is 208 g/mol. The standard InChI is InChI=1S/C15H26N2/c1-10-8-12(3)14(13(4)9-10)15(17-5)11(2)6-7-16/h8-9,11,15,17H,6-7,16H2,1-5H3. The molecule has 1 aromatic rings. The molecule has 0 saturated carbocycles. The van der Waals surface area contributed by atoms with Crippen molar-refractivity contribution in [1.82, 2.24) is 5.32 Å². The van der Waals surface area contributed by atoms with Gasteiger partial charge >= 0.3 is 0 Å². The van der Waals surface area contributed by atoms with E-state index in [2.05, 4.69) is 45.1 Å². The number of hydrogen-bond acceptors (Lipinski definition) is 2. The lowest BCUT2D eigenvalue weighted by atomic mass is 9.86. The highest BCUT2D eigenvalue weighted by Crippen LogP contribution is 2.29. The average Bonchev–Trinajstić information content (AvgIpc) is 2.23. The van der Waals surface area contributed by atoms with Crippen LogP contribution in [0.4, 0.5) is 0 Å². The molecule has 1 aromatic carbocycles. The van der Waals surface area contributed by atoms with Crippen LogP contribution in [0.15, 0.2) is 12.1 Å². The fourth-order valence-electron chi connectivity index (χ4n) is 2.82. The first-order chi connectivity index (χ1) is 8.01. The molecule has 2 unspecified atom stereocenters. The van der Waals surface area contributed by atoms with E-state index >= 15 is 0 Å². The van der Waals surface area contributed by atoms with E-state index in [9.17, 15) is 0 Å². The largest absolute Gasteiger partial charge is 0.330 e. The molecular formula is C15H26N2. The fourth-order valence-corrected chi connectivity index (χ4v) is 2.82. The predicted octanol–water partition coefficient (Wildman–Crippen LogP) is 2.86. The van der Waals surface area contributed by atoms with Gasteiger partial charge in [0.25, 0.3) is 0 Å². The molecule has 3 N–H and O–H groups in total. The minimum Gasteiger partial charge on any atom is -0.330 e. The number of benzene rings is 1. The van der Waals surface area contributed by atoms with Crippen LogP contribution in [0.1, 0.15) is 41.6 Å². The zero-order chi connectivity index (χ0) is 13.0. The zero-order valence-corrected chi connectivity index (χ0v) is 11.8. The molecule has 0 amide bonds. The van der Waals surface area contributed by atoms with Crippen molar-refractivity contribution >= 4 is 0 Å². The Labute approximate surface area is 106 Å². The van der Waals surface area contributed by atoms with E-state index in [0.717, 1.165) is 13.0 Å². The minimum atomic E-state index is 0.402. The molecule has 0 fully saturated rings. The smallest absolute Gasteiger partial charge is 0.0349 e. The third-order valence-corrected chi connectivity index (χ3v) is 3.55. The van der Waals surface area contributed by atoms with Gasteiger partial charge in [0.15, 0.2) is 0 Å². The van der Waals surface area contributed by atoms with E-state index < -0.39 is 0 Å². The summed E-state index contributed by atoms with van der Waals surface area (Å²) in [4.78, 5) is 0. The topological polar surface area (TPSA) is 38.0 Å². The van der Waals surface area contributed by atoms with Crippen LogP contribution in [0.5, 0.6) is 0 Å². The normalized spacial score (nSPS) is 14.7. The third-order valence-electron chi connectivity index (χ3n) is 3.55. The van der Waals surface area contributed by atoms with Crippen molar-refractivity contribution in [2.45, 2.75) is 40.2 Å². The van der Waals surface area contributed by atoms with Crippen LogP contribution in [0.2, 0.25) is 0 Å². The van der Waals surface area contributed by atoms with E-state index in [1.807, 2.05) is 7.05 Å². The molecule has 0 aliphatic carbocycles. The fraction of sp³-hybridized carbons (Fsp3) is 0.600. The van der Waals surface area contributed by atoms with Gasteiger partial charge in [0, 0.05) is 6.04 Å². The molecule has 96 valence electrons. The Bertz CT molecular complexity index is 348. The third kappa shape index (κ3) is 3.30. The van der Waals surface area contributed by atoms with Crippen molar-refractivity contribution in [3.05, 3.63) is 34.4 Å². The first kappa shape index (κ1) is 14.2. The van der Waals surface area contributed by atoms with E-state index in [1.54, 1.807) is 0 Å². The second-order valence-corrected chi connectivity index (χ2v) is 5.13. The van der Waals surface area contributed by atoms with Gasteiger partial charge in [-0.3, -0.25) is 0 Å². The van der Waals surface area contributed by atoms with Gasteiger partial charge in [-0.25, -0.2) is 0 Å². The highest BCUT2D eigenvalue weighted by Gasteiger charge is 2.20. The quantitative estimate of drug-likeness (QED) is 0.822. The van der Waals surface area contributed by atoms with Crippen LogP contribution in [0, 0.1) is 26.7 Å². The Morgan fingerprint density at radius 3 is 2.12 bits per heavy atom. The van der Waals surface area contributed by atoms with E-state index in [4.69, 9.17) is 5.73 Å². The molecule has 0 heterocycles. The van der Waals surface area contributed by atoms with Gasteiger partial charge in [-0.2, -0.15) is 0 Å². The van der Waals surface area contributed by atoms with Crippen molar-refractivity contribution in [2.24, 2.45) is 11.7 Å². The van der Waals surface area contributed by atoms with E-state index in [1.165, 1.54) is 22.3 Å². The molecule has 0 aromatic heterocycles. The number of hydrogen-bond donors (Lipinski definition) is 2. The lowest BCUT2D eigenvalue weighted by Gasteiger charge is -2.27. The summed E-state index contributed by atoms with van der Waals surface area (Å²) in [5, 5.41) is 3.45. The molecule has 2 nitrogen and oxygen atoms in total. The molecule has 0 aliphatic heterocycles. The molecule has 0 radical (unpaired) electrons. The van der Waals surface area contributed by atoms with E-state index in [-0.39, 0.29) is 0 Å². The monoisotopic (exact) mass is 234 g/mol. The molecule has 2 heteroatoms. The van der Waals surface area contributed by atoms with Gasteiger partial charge in [0.1, 0.15) is 0 Å². The van der Waals surface area contributed by atoms with Gasteiger partial charge in [0.05, 0.1) is 0 Å². The lowest BCUT2D eigenvalue weighted by Crippen LogP contribution is -2.26. The van der Waals surface area contributed by atoms with E-state index in [0.29, 0.717) is 12.0 Å². The molecule has 2 atom stereocenters. The van der Waals surface area contributed by atoms with Crippen LogP contribution < -0.4 is 11.1 Å². The van der Waals surface area contributed by atoms with Crippen LogP contribution in [-0.2, 0) is 0 Å². The second kappa shape index (κ2) is 6.18. The van der Waals surface area contributed by atoms with Gasteiger partial charge in [-0.1, -0.05) is 24.6 Å². The molecule has 0 spiro atoms. The number of nitrogens with two attached hydrogens (primary N) is 1. The second-order valence-electron chi connectivity index (χ2n) is 5.13. The molecule has 0 saturated heterocycles. The summed E-state index contributed by atoms with van der Waals surface area (Å²) in [6.45, 7) is 9.58. The first-order valence-electron chi connectivity index (χ1n) is 6.46. The highest BCUT2D eigenvalue weighted by molar-refractivity contribution is 5.39. The highest BCUT2D eigenvalue weighted by atomic mass is 14.9. The van der Waals surface area contributed by atoms with Gasteiger partial charge in [-0.05, 0) is 63.4 Å². The summed E-state index contributed by atoms with van der Waals surface area (Å²) in [6, 6.07) is 4.93. The summed E-state index contributed by atoms with van der Waals surface area (Å²) < 4.78 is 0. The van der Waals surface area contributed by atoms with Crippen LogP contribution in [-0.4, -0.2) is 13.6 Å². The Morgan fingerprint density at radius 1 is 1.18 bits per heavy atom. The predicted molar refractivity (Wildman–Crippen MR) is 75.3 cm³/mol. The van der Waals surface area contributed by atoms with Crippen LogP contribution >= 0.6 is 0 Å². The Hall–Kier alpha value is -0.860. The Balaban J connectivity index is 3.11. The Morgan fingerprint density at radius 2 is 1.71 bits per heavy atom. The number of aryl methyl sites for hydroxylation is 3. The lowest BCUT2D eigenvalue weighted by molar-refractivity contribution is 0.389. The van der Waals surface area contributed by atoms with Crippen molar-refractivity contribution in [2.75, 3.05) is 13.6 Å². The van der Waals surface area contributed by atoms with Crippen molar-refractivity contribution in [3.63, 3.8) is 0 Å². The summed E-state index contributed by atoms with van der Waals surface area (Å²) in [5.41, 5.74) is 11.2. The van der Waals surface area contributed by atoms with Crippen molar-refractivity contribution in [1.29, 1.82) is 0 Å². The first-order valence-corrected chi connectivity index (χ1v) is 6.46. The maximum Gasteiger partial charge on any atom is 0.0349 e. The summed E-state index contributed by atoms with van der Waals surface area (Å²) >= 11 is 0.